The minimum atomic E-state index is 0.781. The highest BCUT2D eigenvalue weighted by Gasteiger charge is 2.20. The van der Waals surface area contributed by atoms with E-state index in [9.17, 15) is 0 Å². The average molecular weight is 462 g/mol. The Labute approximate surface area is 209 Å². The predicted molar refractivity (Wildman–Crippen MR) is 149 cm³/mol. The maximum atomic E-state index is 5.24. The van der Waals surface area contributed by atoms with Crippen molar-refractivity contribution < 1.29 is 0 Å². The molecule has 7 rings (SSSR count). The van der Waals surface area contributed by atoms with Crippen molar-refractivity contribution in [2.75, 3.05) is 0 Å². The highest BCUT2D eigenvalue weighted by molar-refractivity contribution is 6.26. The molecule has 0 atom stereocenters. The fourth-order valence-electron chi connectivity index (χ4n) is 5.33. The van der Waals surface area contributed by atoms with Gasteiger partial charge in [-0.25, -0.2) is 15.0 Å². The van der Waals surface area contributed by atoms with Crippen molar-refractivity contribution in [3.63, 3.8) is 0 Å². The van der Waals surface area contributed by atoms with Crippen LogP contribution in [0.4, 0.5) is 0 Å². The molecule has 0 N–H and O–H groups in total. The quantitative estimate of drug-likeness (QED) is 0.247. The van der Waals surface area contributed by atoms with Crippen LogP contribution in [0.25, 0.3) is 66.5 Å². The van der Waals surface area contributed by atoms with E-state index in [0.29, 0.717) is 0 Å². The number of pyridine rings is 1. The number of nitrogens with zero attached hydrogens (tertiary/aromatic N) is 3. The Morgan fingerprint density at radius 3 is 1.58 bits per heavy atom. The molecule has 0 radical (unpaired) electrons. The van der Waals surface area contributed by atoms with Crippen molar-refractivity contribution >= 4 is 32.6 Å². The van der Waals surface area contributed by atoms with Crippen LogP contribution >= 0.6 is 0 Å². The van der Waals surface area contributed by atoms with E-state index in [1.54, 1.807) is 0 Å². The van der Waals surface area contributed by atoms with Gasteiger partial charge in [-0.15, -0.1) is 0 Å². The summed E-state index contributed by atoms with van der Waals surface area (Å²) in [5.74, 6) is 0.781. The molecule has 0 aliphatic heterocycles. The van der Waals surface area contributed by atoms with Gasteiger partial charge >= 0.3 is 0 Å². The van der Waals surface area contributed by atoms with Crippen molar-refractivity contribution in [2.45, 2.75) is 13.3 Å². The molecule has 0 spiro atoms. The van der Waals surface area contributed by atoms with Gasteiger partial charge in [0, 0.05) is 38.2 Å². The molecule has 0 unspecified atom stereocenters. The van der Waals surface area contributed by atoms with Crippen LogP contribution in [0.2, 0.25) is 0 Å². The normalized spacial score (nSPS) is 11.6. The Morgan fingerprint density at radius 2 is 1.03 bits per heavy atom. The second kappa shape index (κ2) is 8.24. The van der Waals surface area contributed by atoms with Crippen molar-refractivity contribution in [2.24, 2.45) is 0 Å². The van der Waals surface area contributed by atoms with Crippen LogP contribution < -0.4 is 0 Å². The monoisotopic (exact) mass is 461 g/mol. The van der Waals surface area contributed by atoms with Crippen LogP contribution in [0.3, 0.4) is 0 Å². The summed E-state index contributed by atoms with van der Waals surface area (Å²) in [5.41, 5.74) is 8.45. The summed E-state index contributed by atoms with van der Waals surface area (Å²) in [6.07, 6.45) is 0.942. The summed E-state index contributed by atoms with van der Waals surface area (Å²) in [4.78, 5) is 15.4. The summed E-state index contributed by atoms with van der Waals surface area (Å²) >= 11 is 0. The lowest BCUT2D eigenvalue weighted by molar-refractivity contribution is 1.12. The topological polar surface area (TPSA) is 38.7 Å². The number of benzene rings is 5. The molecule has 0 saturated heterocycles. The lowest BCUT2D eigenvalue weighted by Gasteiger charge is -2.17. The van der Waals surface area contributed by atoms with Crippen molar-refractivity contribution in [1.82, 2.24) is 15.0 Å². The van der Waals surface area contributed by atoms with Gasteiger partial charge in [-0.3, -0.25) is 0 Å². The van der Waals surface area contributed by atoms with Crippen LogP contribution in [0.5, 0.6) is 0 Å². The molecule has 3 heteroatoms. The van der Waals surface area contributed by atoms with Gasteiger partial charge in [0.05, 0.1) is 22.4 Å². The first-order chi connectivity index (χ1) is 17.8. The molecule has 36 heavy (non-hydrogen) atoms. The van der Waals surface area contributed by atoms with Crippen LogP contribution in [-0.2, 0) is 6.42 Å². The molecule has 0 aliphatic rings. The molecule has 0 aliphatic carbocycles. The summed E-state index contributed by atoms with van der Waals surface area (Å²) in [6, 6.07) is 37.9. The minimum absolute atomic E-state index is 0.781. The van der Waals surface area contributed by atoms with E-state index >= 15 is 0 Å². The van der Waals surface area contributed by atoms with Crippen LogP contribution in [-0.4, -0.2) is 15.0 Å². The molecule has 0 amide bonds. The second-order valence-electron chi connectivity index (χ2n) is 9.11. The Bertz CT molecular complexity index is 1750. The summed E-state index contributed by atoms with van der Waals surface area (Å²) in [5, 5.41) is 4.52. The van der Waals surface area contributed by atoms with E-state index in [1.165, 1.54) is 10.9 Å². The highest BCUT2D eigenvalue weighted by atomic mass is 14.9. The molecule has 2 heterocycles. The number of aryl methyl sites for hydroxylation is 1. The smallest absolute Gasteiger partial charge is 0.160 e. The van der Waals surface area contributed by atoms with Crippen LogP contribution in [0.1, 0.15) is 12.5 Å². The maximum absolute atomic E-state index is 5.24. The lowest BCUT2D eigenvalue weighted by Crippen LogP contribution is -1.99. The van der Waals surface area contributed by atoms with Gasteiger partial charge in [-0.1, -0.05) is 91.9 Å². The molecular formula is C33H23N3. The van der Waals surface area contributed by atoms with Gasteiger partial charge in [0.2, 0.25) is 0 Å². The van der Waals surface area contributed by atoms with Gasteiger partial charge in [-0.2, -0.15) is 0 Å². The zero-order chi connectivity index (χ0) is 24.1. The predicted octanol–water partition coefficient (Wildman–Crippen LogP) is 8.33. The first-order valence-corrected chi connectivity index (χ1v) is 12.4. The lowest BCUT2D eigenvalue weighted by atomic mass is 9.93. The largest absolute Gasteiger partial charge is 0.246 e. The molecule has 7 aromatic rings. The SMILES string of the molecule is CCc1ccccc1-c1nc2ccc3c(-c4ccccc4)nc(-c4ccccc4)c4ccc(n1)c2c34. The van der Waals surface area contributed by atoms with Crippen LogP contribution in [0, 0.1) is 0 Å². The van der Waals surface area contributed by atoms with E-state index in [1.807, 2.05) is 12.1 Å². The third-order valence-corrected chi connectivity index (χ3v) is 7.04. The van der Waals surface area contributed by atoms with Crippen LogP contribution in [0.15, 0.2) is 109 Å². The summed E-state index contributed by atoms with van der Waals surface area (Å²) < 4.78 is 0. The molecule has 170 valence electrons. The highest BCUT2D eigenvalue weighted by Crippen LogP contribution is 2.41. The third kappa shape index (κ3) is 3.17. The van der Waals surface area contributed by atoms with Gasteiger partial charge in [0.25, 0.3) is 0 Å². The van der Waals surface area contributed by atoms with Crippen molar-refractivity contribution in [3.05, 3.63) is 115 Å². The molecule has 3 nitrogen and oxygen atoms in total. The van der Waals surface area contributed by atoms with E-state index < -0.39 is 0 Å². The van der Waals surface area contributed by atoms with Crippen molar-refractivity contribution in [1.29, 1.82) is 0 Å². The van der Waals surface area contributed by atoms with E-state index in [0.717, 1.165) is 67.5 Å². The summed E-state index contributed by atoms with van der Waals surface area (Å²) in [7, 11) is 0. The van der Waals surface area contributed by atoms with Crippen molar-refractivity contribution in [3.8, 4) is 33.9 Å². The maximum Gasteiger partial charge on any atom is 0.160 e. The molecular weight excluding hydrogens is 438 g/mol. The number of aromatic nitrogens is 3. The van der Waals surface area contributed by atoms with E-state index in [2.05, 4.69) is 104 Å². The standard InChI is InChI=1S/C33H23N3/c1-2-21-11-9-10-16-24(21)33-34-27-19-17-25-29-26(18-20-28(35-33)30(27)29)32(23-14-7-4-8-15-23)36-31(25)22-12-5-3-6-13-22/h3-20H,2H2,1H3. The average Bonchev–Trinajstić information content (AvgIpc) is 2.96. The molecule has 2 aromatic heterocycles. The third-order valence-electron chi connectivity index (χ3n) is 7.04. The molecule has 0 fully saturated rings. The summed E-state index contributed by atoms with van der Waals surface area (Å²) in [6.45, 7) is 2.17. The Kier molecular flexibility index (Phi) is 4.74. The number of rotatable bonds is 4. The van der Waals surface area contributed by atoms with Gasteiger partial charge in [-0.05, 0) is 36.2 Å². The Hall–Kier alpha value is -4.63. The zero-order valence-electron chi connectivity index (χ0n) is 19.9. The van der Waals surface area contributed by atoms with Gasteiger partial charge in [0.15, 0.2) is 5.82 Å². The fraction of sp³-hybridized carbons (Fsp3) is 0.0606. The Balaban J connectivity index is 1.60. The minimum Gasteiger partial charge on any atom is -0.246 e. The fourth-order valence-corrected chi connectivity index (χ4v) is 5.33. The first-order valence-electron chi connectivity index (χ1n) is 12.4. The molecule has 5 aromatic carbocycles. The van der Waals surface area contributed by atoms with E-state index in [4.69, 9.17) is 15.0 Å². The molecule has 0 saturated carbocycles. The number of hydrogen-bond acceptors (Lipinski definition) is 3. The van der Waals surface area contributed by atoms with Gasteiger partial charge in [0.1, 0.15) is 0 Å². The zero-order valence-corrected chi connectivity index (χ0v) is 19.9. The molecule has 0 bridgehead atoms. The number of hydrogen-bond donors (Lipinski definition) is 0. The van der Waals surface area contributed by atoms with Gasteiger partial charge < -0.3 is 0 Å². The first kappa shape index (κ1) is 20.7. The Morgan fingerprint density at radius 1 is 0.500 bits per heavy atom. The van der Waals surface area contributed by atoms with E-state index in [-0.39, 0.29) is 0 Å². The second-order valence-corrected chi connectivity index (χ2v) is 9.11.